The summed E-state index contributed by atoms with van der Waals surface area (Å²) in [5.74, 6) is -1.65. The molecule has 2 heterocycles. The molecule has 0 N–H and O–H groups in total. The molecule has 3 amide bonds. The summed E-state index contributed by atoms with van der Waals surface area (Å²) in [6.45, 7) is 1.71. The summed E-state index contributed by atoms with van der Waals surface area (Å²) in [6.07, 6.45) is 0. The average Bonchev–Trinajstić information content (AvgIpc) is 2.97. The normalized spacial score (nSPS) is 16.4. The highest BCUT2D eigenvalue weighted by Crippen LogP contribution is 2.31. The van der Waals surface area contributed by atoms with Crippen molar-refractivity contribution < 1.29 is 19.2 Å². The number of hydrogen-bond acceptors (Lipinski definition) is 5. The van der Waals surface area contributed by atoms with Crippen molar-refractivity contribution in [1.29, 1.82) is 0 Å². The minimum Gasteiger partial charge on any atom is -0.367 e. The number of rotatable bonds is 3. The number of piperazine rings is 1. The number of ketones is 1. The maximum Gasteiger partial charge on any atom is 0.295 e. The van der Waals surface area contributed by atoms with Crippen molar-refractivity contribution in [2.24, 2.45) is 0 Å². The molecular weight excluding hydrogens is 358 g/mol. The van der Waals surface area contributed by atoms with Crippen molar-refractivity contribution >= 4 is 29.2 Å². The minimum absolute atomic E-state index is 0.302. The predicted molar refractivity (Wildman–Crippen MR) is 102 cm³/mol. The molecule has 0 atom stereocenters. The lowest BCUT2D eigenvalue weighted by molar-refractivity contribution is -0.126. The van der Waals surface area contributed by atoms with Gasteiger partial charge >= 0.3 is 0 Å². The van der Waals surface area contributed by atoms with E-state index in [9.17, 15) is 19.2 Å². The molecule has 0 radical (unpaired) electrons. The monoisotopic (exact) mass is 377 g/mol. The molecule has 0 saturated carbocycles. The van der Waals surface area contributed by atoms with Crippen LogP contribution in [0.25, 0.3) is 0 Å². The van der Waals surface area contributed by atoms with Crippen molar-refractivity contribution in [2.75, 3.05) is 38.1 Å². The van der Waals surface area contributed by atoms with Gasteiger partial charge in [-0.15, -0.1) is 0 Å². The molecule has 0 aliphatic carbocycles. The average molecular weight is 377 g/mol. The highest BCUT2D eigenvalue weighted by atomic mass is 16.2. The van der Waals surface area contributed by atoms with Gasteiger partial charge in [-0.1, -0.05) is 36.4 Å². The van der Waals surface area contributed by atoms with Crippen LogP contribution < -0.4 is 4.90 Å². The molecule has 1 saturated heterocycles. The number of Topliss-reactive ketones (excluding diaryl/α,β-unsaturated/α-hetero) is 1. The molecule has 28 heavy (non-hydrogen) atoms. The van der Waals surface area contributed by atoms with E-state index >= 15 is 0 Å². The van der Waals surface area contributed by atoms with Gasteiger partial charge < -0.3 is 9.80 Å². The molecule has 0 bridgehead atoms. The number of amides is 3. The van der Waals surface area contributed by atoms with E-state index in [1.54, 1.807) is 42.5 Å². The van der Waals surface area contributed by atoms with Crippen molar-refractivity contribution in [3.63, 3.8) is 0 Å². The lowest BCUT2D eigenvalue weighted by atomic mass is 10.1. The van der Waals surface area contributed by atoms with Crippen LogP contribution in [0.15, 0.2) is 48.5 Å². The van der Waals surface area contributed by atoms with Crippen LogP contribution in [-0.4, -0.2) is 66.5 Å². The van der Waals surface area contributed by atoms with Crippen LogP contribution in [0.3, 0.4) is 0 Å². The number of anilines is 1. The zero-order valence-corrected chi connectivity index (χ0v) is 15.4. The molecule has 7 heteroatoms. The van der Waals surface area contributed by atoms with E-state index in [4.69, 9.17) is 0 Å². The first kappa shape index (κ1) is 17.9. The molecule has 4 rings (SSSR count). The topological polar surface area (TPSA) is 78.0 Å². The van der Waals surface area contributed by atoms with Crippen LogP contribution in [0, 0.1) is 0 Å². The van der Waals surface area contributed by atoms with E-state index < -0.39 is 11.7 Å². The highest BCUT2D eigenvalue weighted by Gasteiger charge is 2.37. The van der Waals surface area contributed by atoms with Gasteiger partial charge in [0, 0.05) is 38.8 Å². The molecule has 2 aromatic carbocycles. The van der Waals surface area contributed by atoms with Gasteiger partial charge in [-0.05, 0) is 12.1 Å². The van der Waals surface area contributed by atoms with Crippen LogP contribution in [0.4, 0.5) is 5.69 Å². The third-order valence-electron chi connectivity index (χ3n) is 5.23. The Hall–Kier alpha value is -3.48. The van der Waals surface area contributed by atoms with E-state index in [-0.39, 0.29) is 11.8 Å². The fourth-order valence-corrected chi connectivity index (χ4v) is 3.65. The Morgan fingerprint density at radius 1 is 0.821 bits per heavy atom. The van der Waals surface area contributed by atoms with Crippen LogP contribution in [0.2, 0.25) is 0 Å². The smallest absolute Gasteiger partial charge is 0.295 e. The summed E-state index contributed by atoms with van der Waals surface area (Å²) >= 11 is 0. The maximum absolute atomic E-state index is 12.5. The second-order valence-corrected chi connectivity index (χ2v) is 6.84. The van der Waals surface area contributed by atoms with Crippen LogP contribution in [-0.2, 0) is 4.79 Å². The number of benzene rings is 2. The Morgan fingerprint density at radius 2 is 1.50 bits per heavy atom. The molecule has 0 unspecified atom stereocenters. The Balaban J connectivity index is 1.49. The zero-order chi connectivity index (χ0) is 19.8. The number of fused-ring (bicyclic) bond motifs is 1. The number of carbonyl (C=O) groups excluding carboxylic acids is 4. The third-order valence-corrected chi connectivity index (χ3v) is 5.23. The Morgan fingerprint density at radius 3 is 2.18 bits per heavy atom. The molecule has 2 aromatic rings. The van der Waals surface area contributed by atoms with Gasteiger partial charge in [-0.25, -0.2) is 0 Å². The summed E-state index contributed by atoms with van der Waals surface area (Å²) in [4.78, 5) is 54.2. The van der Waals surface area contributed by atoms with Crippen molar-refractivity contribution in [2.45, 2.75) is 0 Å². The van der Waals surface area contributed by atoms with Crippen LogP contribution in [0.1, 0.15) is 31.1 Å². The van der Waals surface area contributed by atoms with E-state index in [2.05, 4.69) is 0 Å². The molecule has 7 nitrogen and oxygen atoms in total. The predicted octanol–water partition coefficient (Wildman–Crippen LogP) is 1.44. The Bertz CT molecular complexity index is 978. The minimum atomic E-state index is -0.518. The Labute approximate surface area is 162 Å². The number of imide groups is 1. The molecular formula is C21H19N3O4. The molecule has 0 spiro atoms. The summed E-state index contributed by atoms with van der Waals surface area (Å²) in [5.41, 5.74) is 1.89. The number of hydrogen-bond donors (Lipinski definition) is 0. The van der Waals surface area contributed by atoms with E-state index in [0.29, 0.717) is 48.6 Å². The van der Waals surface area contributed by atoms with Crippen LogP contribution in [0.5, 0.6) is 0 Å². The number of nitrogens with zero attached hydrogens (tertiary/aromatic N) is 3. The molecule has 1 fully saturated rings. The quantitative estimate of drug-likeness (QED) is 0.460. The highest BCUT2D eigenvalue weighted by molar-refractivity contribution is 6.42. The Kier molecular flexibility index (Phi) is 4.43. The summed E-state index contributed by atoms with van der Waals surface area (Å²) in [6, 6.07) is 13.7. The number of carbonyl (C=O) groups is 4. The summed E-state index contributed by atoms with van der Waals surface area (Å²) < 4.78 is 0. The first-order valence-electron chi connectivity index (χ1n) is 9.08. The van der Waals surface area contributed by atoms with Crippen molar-refractivity contribution in [3.8, 4) is 0 Å². The molecule has 2 aliphatic rings. The van der Waals surface area contributed by atoms with E-state index in [0.717, 1.165) is 4.90 Å². The fraction of sp³-hybridized carbons (Fsp3) is 0.238. The third kappa shape index (κ3) is 2.85. The van der Waals surface area contributed by atoms with Gasteiger partial charge in [0.25, 0.3) is 17.7 Å². The van der Waals surface area contributed by atoms with Gasteiger partial charge in [0.05, 0.1) is 16.8 Å². The van der Waals surface area contributed by atoms with Gasteiger partial charge in [0.1, 0.15) is 0 Å². The molecule has 142 valence electrons. The molecule has 0 aromatic heterocycles. The van der Waals surface area contributed by atoms with Crippen LogP contribution >= 0.6 is 0 Å². The van der Waals surface area contributed by atoms with E-state index in [1.807, 2.05) is 11.0 Å². The lowest BCUT2D eigenvalue weighted by Gasteiger charge is -2.36. The first-order chi connectivity index (χ1) is 13.5. The van der Waals surface area contributed by atoms with Crippen molar-refractivity contribution in [1.82, 2.24) is 9.80 Å². The largest absolute Gasteiger partial charge is 0.367 e. The van der Waals surface area contributed by atoms with Crippen molar-refractivity contribution in [3.05, 3.63) is 65.2 Å². The first-order valence-corrected chi connectivity index (χ1v) is 9.08. The lowest BCUT2D eigenvalue weighted by Crippen LogP contribution is -2.51. The summed E-state index contributed by atoms with van der Waals surface area (Å²) in [5, 5.41) is 0. The zero-order valence-electron chi connectivity index (χ0n) is 15.4. The second-order valence-electron chi connectivity index (χ2n) is 6.84. The van der Waals surface area contributed by atoms with E-state index in [1.165, 1.54) is 11.9 Å². The van der Waals surface area contributed by atoms with Gasteiger partial charge in [0.15, 0.2) is 0 Å². The molecule has 2 aliphatic heterocycles. The van der Waals surface area contributed by atoms with Gasteiger partial charge in [-0.2, -0.15) is 0 Å². The van der Waals surface area contributed by atoms with Gasteiger partial charge in [0.2, 0.25) is 5.78 Å². The standard InChI is InChI=1S/C21H19N3O4/c1-22-19(26)15-8-5-9-16(17(15)20(22)27)23-10-12-24(13-11-23)21(28)18(25)14-6-3-2-4-7-14/h2-9H,10-13H2,1H3. The van der Waals surface area contributed by atoms with Gasteiger partial charge in [-0.3, -0.25) is 24.1 Å². The SMILES string of the molecule is CN1C(=O)c2cccc(N3CCN(C(=O)C(=O)c4ccccc4)CC3)c2C1=O. The maximum atomic E-state index is 12.5. The second kappa shape index (κ2) is 6.92. The summed E-state index contributed by atoms with van der Waals surface area (Å²) in [7, 11) is 1.47. The fourth-order valence-electron chi connectivity index (χ4n) is 3.65.